The number of rotatable bonds is 2. The maximum Gasteiger partial charge on any atom is 0.214 e. The molecule has 1 atom stereocenters. The molecule has 0 amide bonds. The molecule has 1 heterocycles. The van der Waals surface area contributed by atoms with Gasteiger partial charge in [-0.25, -0.2) is 8.42 Å². The minimum atomic E-state index is -2.98. The van der Waals surface area contributed by atoms with Gasteiger partial charge < -0.3 is 5.73 Å². The standard InChI is InChI=1S/C7H16N2O2S/c1-7(6-8)9-4-2-3-5-12(9,10)11/h7H,2-6,8H2,1H3. The SMILES string of the molecule is CC(CN)N1CCCCS1(=O)=O. The van der Waals surface area contributed by atoms with Gasteiger partial charge in [-0.2, -0.15) is 4.31 Å². The van der Waals surface area contributed by atoms with Crippen molar-refractivity contribution in [3.8, 4) is 0 Å². The molecule has 0 aromatic heterocycles. The molecule has 0 aliphatic carbocycles. The molecule has 72 valence electrons. The molecule has 0 aromatic carbocycles. The molecular formula is C7H16N2O2S. The Morgan fingerprint density at radius 2 is 2.17 bits per heavy atom. The lowest BCUT2D eigenvalue weighted by Crippen LogP contribution is -2.46. The first kappa shape index (κ1) is 9.95. The molecule has 1 saturated heterocycles. The van der Waals surface area contributed by atoms with E-state index in [1.807, 2.05) is 6.92 Å². The fourth-order valence-electron chi connectivity index (χ4n) is 1.42. The molecule has 0 aromatic rings. The molecule has 2 N–H and O–H groups in total. The van der Waals surface area contributed by atoms with Gasteiger partial charge in [0.25, 0.3) is 0 Å². The molecule has 12 heavy (non-hydrogen) atoms. The van der Waals surface area contributed by atoms with Crippen molar-refractivity contribution >= 4 is 10.0 Å². The van der Waals surface area contributed by atoms with Gasteiger partial charge in [0.1, 0.15) is 0 Å². The van der Waals surface area contributed by atoms with Crippen molar-refractivity contribution in [1.82, 2.24) is 4.31 Å². The van der Waals surface area contributed by atoms with Crippen LogP contribution in [0.4, 0.5) is 0 Å². The third-order valence-corrected chi connectivity index (χ3v) is 4.28. The Morgan fingerprint density at radius 3 is 2.67 bits per heavy atom. The molecule has 0 spiro atoms. The number of hydrogen-bond acceptors (Lipinski definition) is 3. The molecule has 0 bridgehead atoms. The second-order valence-electron chi connectivity index (χ2n) is 3.22. The van der Waals surface area contributed by atoms with Crippen molar-refractivity contribution in [2.75, 3.05) is 18.8 Å². The smallest absolute Gasteiger partial charge is 0.214 e. The van der Waals surface area contributed by atoms with Crippen LogP contribution in [0.2, 0.25) is 0 Å². The second-order valence-corrected chi connectivity index (χ2v) is 5.26. The predicted octanol–water partition coefficient (Wildman–Crippen LogP) is -0.241. The molecule has 1 aliphatic rings. The summed E-state index contributed by atoms with van der Waals surface area (Å²) < 4.78 is 24.4. The maximum atomic E-state index is 11.5. The molecule has 4 nitrogen and oxygen atoms in total. The monoisotopic (exact) mass is 192 g/mol. The van der Waals surface area contributed by atoms with E-state index in [0.717, 1.165) is 12.8 Å². The summed E-state index contributed by atoms with van der Waals surface area (Å²) in [6, 6.07) is -0.0460. The minimum Gasteiger partial charge on any atom is -0.329 e. The zero-order valence-corrected chi connectivity index (χ0v) is 8.18. The Morgan fingerprint density at radius 1 is 1.50 bits per heavy atom. The Hall–Kier alpha value is -0.130. The van der Waals surface area contributed by atoms with Crippen LogP contribution in [0.3, 0.4) is 0 Å². The van der Waals surface area contributed by atoms with Crippen molar-refractivity contribution < 1.29 is 8.42 Å². The van der Waals surface area contributed by atoms with Crippen LogP contribution < -0.4 is 5.73 Å². The summed E-state index contributed by atoms with van der Waals surface area (Å²) in [5.74, 6) is 0.289. The quantitative estimate of drug-likeness (QED) is 0.656. The highest BCUT2D eigenvalue weighted by atomic mass is 32.2. The van der Waals surface area contributed by atoms with E-state index in [1.165, 1.54) is 4.31 Å². The molecular weight excluding hydrogens is 176 g/mol. The van der Waals surface area contributed by atoms with Gasteiger partial charge in [0, 0.05) is 19.1 Å². The van der Waals surface area contributed by atoms with E-state index in [2.05, 4.69) is 0 Å². The van der Waals surface area contributed by atoms with Gasteiger partial charge in [-0.15, -0.1) is 0 Å². The summed E-state index contributed by atoms with van der Waals surface area (Å²) in [4.78, 5) is 0. The summed E-state index contributed by atoms with van der Waals surface area (Å²) in [6.45, 7) is 2.89. The Labute approximate surface area is 73.8 Å². The lowest BCUT2D eigenvalue weighted by molar-refractivity contribution is 0.321. The topological polar surface area (TPSA) is 63.4 Å². The predicted molar refractivity (Wildman–Crippen MR) is 48.2 cm³/mol. The van der Waals surface area contributed by atoms with Crippen LogP contribution in [-0.2, 0) is 10.0 Å². The van der Waals surface area contributed by atoms with Crippen LogP contribution in [-0.4, -0.2) is 37.6 Å². The van der Waals surface area contributed by atoms with Crippen molar-refractivity contribution in [2.45, 2.75) is 25.8 Å². The first-order valence-electron chi connectivity index (χ1n) is 4.27. The highest BCUT2D eigenvalue weighted by Crippen LogP contribution is 2.15. The summed E-state index contributed by atoms with van der Waals surface area (Å²) in [5.41, 5.74) is 5.42. The van der Waals surface area contributed by atoms with E-state index >= 15 is 0 Å². The highest BCUT2D eigenvalue weighted by molar-refractivity contribution is 7.89. The first-order valence-corrected chi connectivity index (χ1v) is 5.88. The maximum absolute atomic E-state index is 11.5. The minimum absolute atomic E-state index is 0.0460. The number of sulfonamides is 1. The number of nitrogens with zero attached hydrogens (tertiary/aromatic N) is 1. The normalized spacial score (nSPS) is 26.8. The summed E-state index contributed by atoms with van der Waals surface area (Å²) in [7, 11) is -2.98. The van der Waals surface area contributed by atoms with Gasteiger partial charge in [0.05, 0.1) is 5.75 Å². The third-order valence-electron chi connectivity index (χ3n) is 2.22. The van der Waals surface area contributed by atoms with Crippen molar-refractivity contribution in [3.05, 3.63) is 0 Å². The molecule has 0 saturated carbocycles. The lowest BCUT2D eigenvalue weighted by Gasteiger charge is -2.30. The van der Waals surface area contributed by atoms with Gasteiger partial charge in [0.2, 0.25) is 10.0 Å². The zero-order chi connectivity index (χ0) is 9.19. The zero-order valence-electron chi connectivity index (χ0n) is 7.36. The Balaban J connectivity index is 2.73. The third kappa shape index (κ3) is 1.97. The Bertz CT molecular complexity index is 238. The number of hydrogen-bond donors (Lipinski definition) is 1. The Kier molecular flexibility index (Phi) is 3.09. The summed E-state index contributed by atoms with van der Waals surface area (Å²) >= 11 is 0. The molecule has 1 rings (SSSR count). The average Bonchev–Trinajstić information content (AvgIpc) is 2.02. The van der Waals surface area contributed by atoms with E-state index in [9.17, 15) is 8.42 Å². The van der Waals surface area contributed by atoms with Crippen molar-refractivity contribution in [2.24, 2.45) is 5.73 Å². The molecule has 1 fully saturated rings. The first-order chi connectivity index (χ1) is 5.58. The molecule has 1 unspecified atom stereocenters. The van der Waals surface area contributed by atoms with E-state index in [4.69, 9.17) is 5.73 Å². The van der Waals surface area contributed by atoms with Gasteiger partial charge in [-0.3, -0.25) is 0 Å². The lowest BCUT2D eigenvalue weighted by atomic mass is 10.3. The van der Waals surface area contributed by atoms with Crippen molar-refractivity contribution in [3.63, 3.8) is 0 Å². The van der Waals surface area contributed by atoms with Crippen LogP contribution in [0.5, 0.6) is 0 Å². The van der Waals surface area contributed by atoms with Gasteiger partial charge in [0.15, 0.2) is 0 Å². The average molecular weight is 192 g/mol. The highest BCUT2D eigenvalue weighted by Gasteiger charge is 2.28. The van der Waals surface area contributed by atoms with Gasteiger partial charge in [-0.05, 0) is 19.8 Å². The van der Waals surface area contributed by atoms with Crippen LogP contribution in [0, 0.1) is 0 Å². The molecule has 1 aliphatic heterocycles. The molecule has 0 radical (unpaired) electrons. The second kappa shape index (κ2) is 3.72. The largest absolute Gasteiger partial charge is 0.329 e. The van der Waals surface area contributed by atoms with E-state index < -0.39 is 10.0 Å². The fourth-order valence-corrected chi connectivity index (χ4v) is 3.27. The fraction of sp³-hybridized carbons (Fsp3) is 1.00. The van der Waals surface area contributed by atoms with Crippen LogP contribution in [0.15, 0.2) is 0 Å². The van der Waals surface area contributed by atoms with E-state index in [1.54, 1.807) is 0 Å². The number of nitrogens with two attached hydrogens (primary N) is 1. The summed E-state index contributed by atoms with van der Waals surface area (Å²) in [5, 5.41) is 0. The van der Waals surface area contributed by atoms with Crippen LogP contribution >= 0.6 is 0 Å². The van der Waals surface area contributed by atoms with Crippen molar-refractivity contribution in [1.29, 1.82) is 0 Å². The summed E-state index contributed by atoms with van der Waals surface area (Å²) in [6.07, 6.45) is 1.75. The van der Waals surface area contributed by atoms with Crippen LogP contribution in [0.1, 0.15) is 19.8 Å². The van der Waals surface area contributed by atoms with Crippen LogP contribution in [0.25, 0.3) is 0 Å². The van der Waals surface area contributed by atoms with E-state index in [-0.39, 0.29) is 11.8 Å². The van der Waals surface area contributed by atoms with Gasteiger partial charge in [-0.1, -0.05) is 0 Å². The molecule has 5 heteroatoms. The van der Waals surface area contributed by atoms with Gasteiger partial charge >= 0.3 is 0 Å². The van der Waals surface area contributed by atoms with E-state index in [0.29, 0.717) is 13.1 Å².